The molecule has 0 aliphatic carbocycles. The van der Waals surface area contributed by atoms with E-state index in [9.17, 15) is 4.79 Å². The lowest BCUT2D eigenvalue weighted by molar-refractivity contribution is -0.117. The summed E-state index contributed by atoms with van der Waals surface area (Å²) in [5.74, 6) is 0.0913. The smallest absolute Gasteiger partial charge is 0.240 e. The number of benzene rings is 1. The molecular formula is C15H24N2O. The maximum Gasteiger partial charge on any atom is 0.240 e. The van der Waals surface area contributed by atoms with Crippen LogP contribution < -0.4 is 10.2 Å². The van der Waals surface area contributed by atoms with Gasteiger partial charge in [0.05, 0.1) is 6.54 Å². The van der Waals surface area contributed by atoms with E-state index in [0.29, 0.717) is 6.54 Å². The summed E-state index contributed by atoms with van der Waals surface area (Å²) in [6.07, 6.45) is 0. The first kappa shape index (κ1) is 14.7. The van der Waals surface area contributed by atoms with Crippen molar-refractivity contribution in [1.29, 1.82) is 0 Å². The quantitative estimate of drug-likeness (QED) is 0.888. The summed E-state index contributed by atoms with van der Waals surface area (Å²) in [6, 6.07) is 8.09. The summed E-state index contributed by atoms with van der Waals surface area (Å²) in [6.45, 7) is 9.67. The van der Waals surface area contributed by atoms with Crippen molar-refractivity contribution >= 4 is 11.6 Å². The number of hydrogen-bond donors (Lipinski definition) is 1. The van der Waals surface area contributed by atoms with Crippen molar-refractivity contribution in [2.75, 3.05) is 25.0 Å². The third kappa shape index (κ3) is 3.57. The van der Waals surface area contributed by atoms with E-state index >= 15 is 0 Å². The molecule has 0 unspecified atom stereocenters. The maximum atomic E-state index is 12.0. The zero-order valence-corrected chi connectivity index (χ0v) is 12.1. The summed E-state index contributed by atoms with van der Waals surface area (Å²) < 4.78 is 0. The Bertz CT molecular complexity index is 407. The zero-order valence-electron chi connectivity index (χ0n) is 12.1. The average Bonchev–Trinajstić information content (AvgIpc) is 2.34. The van der Waals surface area contributed by atoms with Crippen molar-refractivity contribution in [2.45, 2.75) is 33.1 Å². The summed E-state index contributed by atoms with van der Waals surface area (Å²) in [7, 11) is 1.84. The highest BCUT2D eigenvalue weighted by molar-refractivity contribution is 5.95. The van der Waals surface area contributed by atoms with Crippen LogP contribution in [0.2, 0.25) is 0 Å². The molecule has 1 N–H and O–H groups in total. The highest BCUT2D eigenvalue weighted by Gasteiger charge is 2.21. The first-order chi connectivity index (χ1) is 8.38. The van der Waals surface area contributed by atoms with Gasteiger partial charge in [0.1, 0.15) is 0 Å². The van der Waals surface area contributed by atoms with E-state index < -0.39 is 0 Å². The van der Waals surface area contributed by atoms with Crippen LogP contribution in [0.1, 0.15) is 33.3 Å². The Morgan fingerprint density at radius 2 is 1.89 bits per heavy atom. The van der Waals surface area contributed by atoms with Crippen LogP contribution in [0, 0.1) is 0 Å². The lowest BCUT2D eigenvalue weighted by Gasteiger charge is -2.27. The Labute approximate surface area is 110 Å². The second kappa shape index (κ2) is 6.01. The fraction of sp³-hybridized carbons (Fsp3) is 0.533. The molecule has 0 heterocycles. The molecule has 1 rings (SSSR count). The Morgan fingerprint density at radius 3 is 2.44 bits per heavy atom. The number of carbonyl (C=O) groups excluding carboxylic acids is 1. The number of hydrogen-bond acceptors (Lipinski definition) is 2. The second-order valence-electron chi connectivity index (χ2n) is 5.50. The van der Waals surface area contributed by atoms with Crippen LogP contribution in [0.5, 0.6) is 0 Å². The molecule has 1 aromatic carbocycles. The van der Waals surface area contributed by atoms with Crippen LogP contribution in [-0.2, 0) is 10.2 Å². The van der Waals surface area contributed by atoms with Crippen LogP contribution in [0.4, 0.5) is 5.69 Å². The van der Waals surface area contributed by atoms with Crippen molar-refractivity contribution in [3.63, 3.8) is 0 Å². The Balaban J connectivity index is 2.99. The predicted octanol–water partition coefficient (Wildman–Crippen LogP) is 2.56. The summed E-state index contributed by atoms with van der Waals surface area (Å²) in [4.78, 5) is 13.8. The molecule has 18 heavy (non-hydrogen) atoms. The third-order valence-corrected chi connectivity index (χ3v) is 2.97. The van der Waals surface area contributed by atoms with Crippen LogP contribution in [0.25, 0.3) is 0 Å². The predicted molar refractivity (Wildman–Crippen MR) is 77.1 cm³/mol. The highest BCUT2D eigenvalue weighted by Crippen LogP contribution is 2.31. The molecule has 100 valence electrons. The van der Waals surface area contributed by atoms with Gasteiger partial charge in [-0.2, -0.15) is 0 Å². The largest absolute Gasteiger partial charge is 0.314 e. The lowest BCUT2D eigenvalue weighted by atomic mass is 9.85. The van der Waals surface area contributed by atoms with E-state index in [1.807, 2.05) is 32.2 Å². The van der Waals surface area contributed by atoms with E-state index in [2.05, 4.69) is 32.2 Å². The minimum atomic E-state index is 0.0311. The molecule has 3 heteroatoms. The Hall–Kier alpha value is -1.35. The van der Waals surface area contributed by atoms with Gasteiger partial charge < -0.3 is 10.2 Å². The maximum absolute atomic E-state index is 12.0. The average molecular weight is 248 g/mol. The summed E-state index contributed by atoms with van der Waals surface area (Å²) in [5.41, 5.74) is 2.22. The Morgan fingerprint density at radius 1 is 1.28 bits per heavy atom. The highest BCUT2D eigenvalue weighted by atomic mass is 16.2. The van der Waals surface area contributed by atoms with Gasteiger partial charge in [0.15, 0.2) is 0 Å². The van der Waals surface area contributed by atoms with E-state index in [0.717, 1.165) is 12.2 Å². The number of nitrogens with zero attached hydrogens (tertiary/aromatic N) is 1. The molecule has 1 amide bonds. The fourth-order valence-electron chi connectivity index (χ4n) is 1.89. The van der Waals surface area contributed by atoms with Crippen molar-refractivity contribution in [3.8, 4) is 0 Å². The molecule has 3 nitrogen and oxygen atoms in total. The van der Waals surface area contributed by atoms with E-state index in [4.69, 9.17) is 0 Å². The second-order valence-corrected chi connectivity index (χ2v) is 5.50. The number of amides is 1. The standard InChI is InChI=1S/C15H24N2O/c1-6-16-11-14(18)17(5)13-10-8-7-9-12(13)15(2,3)4/h7-10,16H,6,11H2,1-5H3. The van der Waals surface area contributed by atoms with Gasteiger partial charge in [0.2, 0.25) is 5.91 Å². The number of rotatable bonds is 4. The molecular weight excluding hydrogens is 224 g/mol. The van der Waals surface area contributed by atoms with Crippen LogP contribution >= 0.6 is 0 Å². The van der Waals surface area contributed by atoms with Gasteiger partial charge in [-0.25, -0.2) is 0 Å². The summed E-state index contributed by atoms with van der Waals surface area (Å²) >= 11 is 0. The van der Waals surface area contributed by atoms with Crippen molar-refractivity contribution in [3.05, 3.63) is 29.8 Å². The number of para-hydroxylation sites is 1. The third-order valence-electron chi connectivity index (χ3n) is 2.97. The molecule has 0 saturated heterocycles. The molecule has 0 fully saturated rings. The molecule has 0 spiro atoms. The lowest BCUT2D eigenvalue weighted by Crippen LogP contribution is -2.36. The van der Waals surface area contributed by atoms with Gasteiger partial charge in [-0.3, -0.25) is 4.79 Å². The minimum Gasteiger partial charge on any atom is -0.314 e. The molecule has 0 aliphatic heterocycles. The normalized spacial score (nSPS) is 11.4. The van der Waals surface area contributed by atoms with Crippen LogP contribution in [-0.4, -0.2) is 26.0 Å². The van der Waals surface area contributed by atoms with E-state index in [1.54, 1.807) is 4.90 Å². The molecule has 0 saturated carbocycles. The van der Waals surface area contributed by atoms with Crippen LogP contribution in [0.3, 0.4) is 0 Å². The SMILES string of the molecule is CCNCC(=O)N(C)c1ccccc1C(C)(C)C. The van der Waals surface area contributed by atoms with Crippen molar-refractivity contribution in [1.82, 2.24) is 5.32 Å². The first-order valence-corrected chi connectivity index (χ1v) is 6.44. The van der Waals surface area contributed by atoms with Gasteiger partial charge in [-0.05, 0) is 23.6 Å². The van der Waals surface area contributed by atoms with Gasteiger partial charge in [0, 0.05) is 12.7 Å². The number of likely N-dealkylation sites (N-methyl/N-ethyl adjacent to an activating group) is 2. The molecule has 0 bridgehead atoms. The molecule has 0 aromatic heterocycles. The molecule has 0 aliphatic rings. The zero-order chi connectivity index (χ0) is 13.8. The van der Waals surface area contributed by atoms with Gasteiger partial charge in [0.25, 0.3) is 0 Å². The summed E-state index contributed by atoms with van der Waals surface area (Å²) in [5, 5.41) is 3.07. The monoisotopic (exact) mass is 248 g/mol. The van der Waals surface area contributed by atoms with Crippen LogP contribution in [0.15, 0.2) is 24.3 Å². The number of nitrogens with one attached hydrogen (secondary N) is 1. The molecule has 0 radical (unpaired) electrons. The van der Waals surface area contributed by atoms with E-state index in [-0.39, 0.29) is 11.3 Å². The van der Waals surface area contributed by atoms with Crippen molar-refractivity contribution < 1.29 is 4.79 Å². The first-order valence-electron chi connectivity index (χ1n) is 6.44. The topological polar surface area (TPSA) is 32.3 Å². The fourth-order valence-corrected chi connectivity index (χ4v) is 1.89. The molecule has 1 aromatic rings. The Kier molecular flexibility index (Phi) is 4.91. The number of anilines is 1. The minimum absolute atomic E-state index is 0.0311. The van der Waals surface area contributed by atoms with E-state index in [1.165, 1.54) is 5.56 Å². The van der Waals surface area contributed by atoms with Crippen molar-refractivity contribution in [2.24, 2.45) is 0 Å². The molecule has 0 atom stereocenters. The van der Waals surface area contributed by atoms with Gasteiger partial charge >= 0.3 is 0 Å². The van der Waals surface area contributed by atoms with Gasteiger partial charge in [-0.1, -0.05) is 45.9 Å². The number of carbonyl (C=O) groups is 1. The van der Waals surface area contributed by atoms with Gasteiger partial charge in [-0.15, -0.1) is 0 Å².